The highest BCUT2D eigenvalue weighted by Crippen LogP contribution is 2.13. The molecule has 1 aromatic carbocycles. The first kappa shape index (κ1) is 14.5. The van der Waals surface area contributed by atoms with Crippen molar-refractivity contribution >= 4 is 5.97 Å². The van der Waals surface area contributed by atoms with E-state index in [-0.39, 0.29) is 18.6 Å². The molecule has 0 saturated carbocycles. The first-order valence-corrected chi connectivity index (χ1v) is 6.16. The van der Waals surface area contributed by atoms with Gasteiger partial charge in [0.25, 0.3) is 0 Å². The lowest BCUT2D eigenvalue weighted by Gasteiger charge is -2.07. The third-order valence-electron chi connectivity index (χ3n) is 2.57. The van der Waals surface area contributed by atoms with Crippen LogP contribution >= 0.6 is 0 Å². The largest absolute Gasteiger partial charge is 0.497 e. The molecule has 0 aliphatic rings. The predicted molar refractivity (Wildman–Crippen MR) is 70.3 cm³/mol. The number of hydrogen-bond donors (Lipinski definition) is 1. The summed E-state index contributed by atoms with van der Waals surface area (Å²) in [5, 5.41) is 0. The van der Waals surface area contributed by atoms with Gasteiger partial charge in [0, 0.05) is 12.5 Å². The molecular formula is C14H21NO3. The molecular weight excluding hydrogens is 230 g/mol. The van der Waals surface area contributed by atoms with Gasteiger partial charge in [-0.2, -0.15) is 0 Å². The number of esters is 1. The molecule has 0 aliphatic heterocycles. The van der Waals surface area contributed by atoms with Crippen molar-refractivity contribution < 1.29 is 14.3 Å². The SMILES string of the molecule is COc1cccc(COC(=O)CCCC(C)N)c1. The van der Waals surface area contributed by atoms with Crippen LogP contribution in [0.15, 0.2) is 24.3 Å². The smallest absolute Gasteiger partial charge is 0.306 e. The van der Waals surface area contributed by atoms with Gasteiger partial charge in [0.1, 0.15) is 12.4 Å². The monoisotopic (exact) mass is 251 g/mol. The number of carbonyl (C=O) groups is 1. The zero-order valence-corrected chi connectivity index (χ0v) is 11.0. The molecule has 0 bridgehead atoms. The van der Waals surface area contributed by atoms with Crippen molar-refractivity contribution in [3.63, 3.8) is 0 Å². The molecule has 0 fully saturated rings. The Morgan fingerprint density at radius 3 is 2.89 bits per heavy atom. The van der Waals surface area contributed by atoms with Crippen LogP contribution < -0.4 is 10.5 Å². The molecule has 0 aliphatic carbocycles. The fourth-order valence-electron chi connectivity index (χ4n) is 1.57. The number of rotatable bonds is 7. The van der Waals surface area contributed by atoms with Gasteiger partial charge in [-0.3, -0.25) is 4.79 Å². The maximum absolute atomic E-state index is 11.5. The van der Waals surface area contributed by atoms with Crippen LogP contribution in [0.2, 0.25) is 0 Å². The highest BCUT2D eigenvalue weighted by atomic mass is 16.5. The van der Waals surface area contributed by atoms with Crippen LogP contribution in [0, 0.1) is 0 Å². The normalized spacial score (nSPS) is 11.9. The minimum atomic E-state index is -0.182. The molecule has 100 valence electrons. The van der Waals surface area contributed by atoms with E-state index in [9.17, 15) is 4.79 Å². The van der Waals surface area contributed by atoms with Crippen LogP contribution in [0.1, 0.15) is 31.7 Å². The number of ether oxygens (including phenoxy) is 2. The summed E-state index contributed by atoms with van der Waals surface area (Å²) in [7, 11) is 1.61. The Labute approximate surface area is 108 Å². The van der Waals surface area contributed by atoms with Crippen molar-refractivity contribution in [3.8, 4) is 5.75 Å². The first-order chi connectivity index (χ1) is 8.61. The lowest BCUT2D eigenvalue weighted by atomic mass is 10.1. The minimum Gasteiger partial charge on any atom is -0.497 e. The van der Waals surface area contributed by atoms with Crippen LogP contribution in [0.3, 0.4) is 0 Å². The molecule has 4 nitrogen and oxygen atoms in total. The second-order valence-corrected chi connectivity index (χ2v) is 4.38. The summed E-state index contributed by atoms with van der Waals surface area (Å²) in [6.45, 7) is 2.22. The van der Waals surface area contributed by atoms with Gasteiger partial charge in [-0.05, 0) is 37.5 Å². The van der Waals surface area contributed by atoms with Gasteiger partial charge in [-0.25, -0.2) is 0 Å². The number of methoxy groups -OCH3 is 1. The van der Waals surface area contributed by atoms with Crippen molar-refractivity contribution in [2.75, 3.05) is 7.11 Å². The van der Waals surface area contributed by atoms with E-state index < -0.39 is 0 Å². The summed E-state index contributed by atoms with van der Waals surface area (Å²) in [4.78, 5) is 11.5. The molecule has 0 saturated heterocycles. The zero-order chi connectivity index (χ0) is 13.4. The Morgan fingerprint density at radius 2 is 2.22 bits per heavy atom. The lowest BCUT2D eigenvalue weighted by molar-refractivity contribution is -0.145. The fraction of sp³-hybridized carbons (Fsp3) is 0.500. The topological polar surface area (TPSA) is 61.5 Å². The van der Waals surface area contributed by atoms with Crippen LogP contribution in [0.4, 0.5) is 0 Å². The van der Waals surface area contributed by atoms with Gasteiger partial charge in [0.05, 0.1) is 7.11 Å². The van der Waals surface area contributed by atoms with Crippen LogP contribution in [-0.2, 0) is 16.1 Å². The van der Waals surface area contributed by atoms with E-state index in [0.29, 0.717) is 6.42 Å². The Balaban J connectivity index is 2.29. The molecule has 1 rings (SSSR count). The van der Waals surface area contributed by atoms with Crippen molar-refractivity contribution in [3.05, 3.63) is 29.8 Å². The standard InChI is InChI=1S/C14H21NO3/c1-11(15)5-3-8-14(16)18-10-12-6-4-7-13(9-12)17-2/h4,6-7,9,11H,3,5,8,10,15H2,1-2H3. The average Bonchev–Trinajstić information content (AvgIpc) is 2.36. The quantitative estimate of drug-likeness (QED) is 0.755. The fourth-order valence-corrected chi connectivity index (χ4v) is 1.57. The van der Waals surface area contributed by atoms with Crippen LogP contribution in [0.25, 0.3) is 0 Å². The first-order valence-electron chi connectivity index (χ1n) is 6.16. The van der Waals surface area contributed by atoms with E-state index in [1.54, 1.807) is 7.11 Å². The minimum absolute atomic E-state index is 0.135. The molecule has 1 unspecified atom stereocenters. The Morgan fingerprint density at radius 1 is 1.44 bits per heavy atom. The van der Waals surface area contributed by atoms with Crippen molar-refractivity contribution in [2.24, 2.45) is 5.73 Å². The lowest BCUT2D eigenvalue weighted by Crippen LogP contribution is -2.15. The van der Waals surface area contributed by atoms with Gasteiger partial charge in [-0.15, -0.1) is 0 Å². The summed E-state index contributed by atoms with van der Waals surface area (Å²) in [6, 6.07) is 7.62. The molecule has 1 aromatic rings. The second-order valence-electron chi connectivity index (χ2n) is 4.38. The zero-order valence-electron chi connectivity index (χ0n) is 11.0. The van der Waals surface area contributed by atoms with E-state index >= 15 is 0 Å². The van der Waals surface area contributed by atoms with Gasteiger partial charge >= 0.3 is 5.97 Å². The van der Waals surface area contributed by atoms with E-state index in [1.807, 2.05) is 31.2 Å². The third-order valence-corrected chi connectivity index (χ3v) is 2.57. The molecule has 4 heteroatoms. The summed E-state index contributed by atoms with van der Waals surface area (Å²) >= 11 is 0. The molecule has 2 N–H and O–H groups in total. The number of nitrogens with two attached hydrogens (primary N) is 1. The molecule has 18 heavy (non-hydrogen) atoms. The maximum Gasteiger partial charge on any atom is 0.306 e. The highest BCUT2D eigenvalue weighted by Gasteiger charge is 2.05. The van der Waals surface area contributed by atoms with Crippen LogP contribution in [0.5, 0.6) is 5.75 Å². The third kappa shape index (κ3) is 5.68. The Hall–Kier alpha value is -1.55. The Kier molecular flexibility index (Phi) is 6.22. The number of carbonyl (C=O) groups excluding carboxylic acids is 1. The van der Waals surface area contributed by atoms with Crippen LogP contribution in [-0.4, -0.2) is 19.1 Å². The van der Waals surface area contributed by atoms with Gasteiger partial charge in [0.15, 0.2) is 0 Å². The molecule has 0 amide bonds. The van der Waals surface area contributed by atoms with Gasteiger partial charge < -0.3 is 15.2 Å². The summed E-state index contributed by atoms with van der Waals surface area (Å²) in [6.07, 6.45) is 2.04. The molecule has 1 atom stereocenters. The molecule has 0 spiro atoms. The summed E-state index contributed by atoms with van der Waals surface area (Å²) < 4.78 is 10.3. The van der Waals surface area contributed by atoms with E-state index in [1.165, 1.54) is 0 Å². The predicted octanol–water partition coefficient (Wildman–Crippen LogP) is 2.26. The highest BCUT2D eigenvalue weighted by molar-refractivity contribution is 5.69. The maximum atomic E-state index is 11.5. The molecule has 0 heterocycles. The van der Waals surface area contributed by atoms with E-state index in [2.05, 4.69) is 0 Å². The molecule has 0 radical (unpaired) electrons. The number of benzene rings is 1. The average molecular weight is 251 g/mol. The summed E-state index contributed by atoms with van der Waals surface area (Å²) in [5.41, 5.74) is 6.54. The van der Waals surface area contributed by atoms with Crippen molar-refractivity contribution in [2.45, 2.75) is 38.8 Å². The van der Waals surface area contributed by atoms with Gasteiger partial charge in [-0.1, -0.05) is 12.1 Å². The Bertz CT molecular complexity index is 377. The van der Waals surface area contributed by atoms with Crippen molar-refractivity contribution in [1.82, 2.24) is 0 Å². The van der Waals surface area contributed by atoms with Crippen molar-refractivity contribution in [1.29, 1.82) is 0 Å². The molecule has 0 aromatic heterocycles. The van der Waals surface area contributed by atoms with Gasteiger partial charge in [0.2, 0.25) is 0 Å². The van der Waals surface area contributed by atoms with E-state index in [4.69, 9.17) is 15.2 Å². The summed E-state index contributed by atoms with van der Waals surface area (Å²) in [5.74, 6) is 0.582. The van der Waals surface area contributed by atoms with E-state index in [0.717, 1.165) is 24.2 Å². The number of hydrogen-bond acceptors (Lipinski definition) is 4. The second kappa shape index (κ2) is 7.71.